The summed E-state index contributed by atoms with van der Waals surface area (Å²) in [6, 6.07) is 10.8. The Labute approximate surface area is 204 Å². The lowest BCUT2D eigenvalue weighted by molar-refractivity contribution is -0.124. The van der Waals surface area contributed by atoms with Crippen molar-refractivity contribution in [2.24, 2.45) is 0 Å². The highest BCUT2D eigenvalue weighted by molar-refractivity contribution is 6.35. The van der Waals surface area contributed by atoms with Crippen LogP contribution in [0.2, 0.25) is 10.0 Å². The summed E-state index contributed by atoms with van der Waals surface area (Å²) in [6.07, 6.45) is -0.398. The fraction of sp³-hybridized carbons (Fsp3) is 0.261. The van der Waals surface area contributed by atoms with E-state index in [1.165, 1.54) is 0 Å². The molecule has 0 aliphatic heterocycles. The van der Waals surface area contributed by atoms with Crippen molar-refractivity contribution in [1.29, 1.82) is 0 Å². The molecule has 2 heterocycles. The van der Waals surface area contributed by atoms with Crippen molar-refractivity contribution in [3.63, 3.8) is 0 Å². The number of alkyl halides is 3. The van der Waals surface area contributed by atoms with Crippen molar-refractivity contribution in [3.05, 3.63) is 64.5 Å². The number of aromatic nitrogens is 4. The molecule has 0 bridgehead atoms. The third kappa shape index (κ3) is 5.97. The van der Waals surface area contributed by atoms with Crippen molar-refractivity contribution in [1.82, 2.24) is 25.5 Å². The highest BCUT2D eigenvalue weighted by Crippen LogP contribution is 2.32. The Kier molecular flexibility index (Phi) is 7.25. The monoisotopic (exact) mass is 508 g/mol. The number of rotatable bonds is 8. The normalized spacial score (nSPS) is 11.8. The molecule has 0 aliphatic carbocycles. The summed E-state index contributed by atoms with van der Waals surface area (Å²) in [5.74, 6) is 0. The molecule has 0 unspecified atom stereocenters. The van der Waals surface area contributed by atoms with Gasteiger partial charge in [0.15, 0.2) is 0 Å². The Hall–Kier alpha value is -2.88. The van der Waals surface area contributed by atoms with Crippen LogP contribution in [-0.2, 0) is 0 Å². The number of benzene rings is 2. The molecule has 2 aromatic carbocycles. The molecule has 0 fully saturated rings. The number of H-pyrrole nitrogens is 1. The van der Waals surface area contributed by atoms with Gasteiger partial charge in [-0.05, 0) is 56.3 Å². The minimum absolute atomic E-state index is 0.196. The average Bonchev–Trinajstić information content (AvgIpc) is 3.20. The first-order chi connectivity index (χ1) is 16.2. The third-order valence-corrected chi connectivity index (χ3v) is 5.60. The Balaban J connectivity index is 1.65. The number of aromatic amines is 1. The van der Waals surface area contributed by atoms with Crippen LogP contribution in [-0.4, -0.2) is 46.0 Å². The lowest BCUT2D eigenvalue weighted by atomic mass is 10.1. The largest absolute Gasteiger partial charge is 0.401 e. The van der Waals surface area contributed by atoms with Gasteiger partial charge < -0.3 is 10.2 Å². The summed E-state index contributed by atoms with van der Waals surface area (Å²) < 4.78 is 37.3. The number of fused-ring (bicyclic) bond motifs is 1. The van der Waals surface area contributed by atoms with Crippen LogP contribution in [0.3, 0.4) is 0 Å². The van der Waals surface area contributed by atoms with E-state index in [4.69, 9.17) is 28.2 Å². The molecule has 2 N–H and O–H groups in total. The van der Waals surface area contributed by atoms with Crippen LogP contribution >= 0.6 is 23.2 Å². The Morgan fingerprint density at radius 1 is 1.00 bits per heavy atom. The molecule has 0 amide bonds. The van der Waals surface area contributed by atoms with Crippen molar-refractivity contribution in [2.75, 3.05) is 24.5 Å². The van der Waals surface area contributed by atoms with Crippen LogP contribution in [0.5, 0.6) is 0 Å². The van der Waals surface area contributed by atoms with E-state index < -0.39 is 12.7 Å². The van der Waals surface area contributed by atoms with E-state index >= 15 is 0 Å². The van der Waals surface area contributed by atoms with Gasteiger partial charge in [0.2, 0.25) is 0 Å². The highest BCUT2D eigenvalue weighted by Gasteiger charge is 2.26. The van der Waals surface area contributed by atoms with Crippen molar-refractivity contribution < 1.29 is 13.2 Å². The summed E-state index contributed by atoms with van der Waals surface area (Å²) in [6.45, 7) is 1.50. The van der Waals surface area contributed by atoms with Crippen LogP contribution in [0.15, 0.2) is 48.8 Å². The van der Waals surface area contributed by atoms with Crippen LogP contribution in [0, 0.1) is 6.92 Å². The molecule has 34 heavy (non-hydrogen) atoms. The molecular weight excluding hydrogens is 488 g/mol. The van der Waals surface area contributed by atoms with Gasteiger partial charge in [-0.2, -0.15) is 18.3 Å². The molecular formula is C23H21Cl2F3N6. The summed E-state index contributed by atoms with van der Waals surface area (Å²) in [7, 11) is 0. The van der Waals surface area contributed by atoms with E-state index in [-0.39, 0.29) is 6.54 Å². The van der Waals surface area contributed by atoms with Gasteiger partial charge in [0, 0.05) is 39.2 Å². The fourth-order valence-corrected chi connectivity index (χ4v) is 4.12. The Morgan fingerprint density at radius 3 is 2.44 bits per heavy atom. The van der Waals surface area contributed by atoms with Gasteiger partial charge >= 0.3 is 6.18 Å². The molecule has 0 saturated carbocycles. The van der Waals surface area contributed by atoms with Gasteiger partial charge in [-0.25, -0.2) is 4.98 Å². The van der Waals surface area contributed by atoms with Gasteiger partial charge in [-0.1, -0.05) is 23.2 Å². The maximum Gasteiger partial charge on any atom is 0.401 e. The number of hydrogen-bond acceptors (Lipinski definition) is 5. The fourth-order valence-electron chi connectivity index (χ4n) is 3.60. The van der Waals surface area contributed by atoms with Gasteiger partial charge in [0.25, 0.3) is 0 Å². The molecule has 6 nitrogen and oxygen atoms in total. The van der Waals surface area contributed by atoms with Crippen molar-refractivity contribution in [2.45, 2.75) is 19.5 Å². The van der Waals surface area contributed by atoms with E-state index in [2.05, 4.69) is 20.5 Å². The number of hydrogen-bond donors (Lipinski definition) is 2. The molecule has 0 saturated heterocycles. The lowest BCUT2D eigenvalue weighted by Gasteiger charge is -2.26. The molecule has 4 rings (SSSR count). The van der Waals surface area contributed by atoms with E-state index in [9.17, 15) is 13.2 Å². The predicted octanol–water partition coefficient (Wildman–Crippen LogP) is 6.32. The molecule has 2 aromatic heterocycles. The maximum atomic E-state index is 12.4. The maximum absolute atomic E-state index is 12.4. The summed E-state index contributed by atoms with van der Waals surface area (Å²) in [5, 5.41) is 10.3. The SMILES string of the molecule is Cc1[nH]ncc1-c1cnc2ccc(N(CCCNCC(F)(F)F)c3cc(Cl)cc(Cl)c3)cc2n1. The smallest absolute Gasteiger partial charge is 0.341 e. The standard InChI is InChI=1S/C23H21Cl2F3N6/c1-14-19(11-31-33-14)22-12-30-20-4-3-17(10-21(20)32-22)34(6-2-5-29-13-23(26,27)28)18-8-15(24)7-16(25)9-18/h3-4,7-12,29H,2,5-6,13H2,1H3,(H,31,33). The van der Waals surface area contributed by atoms with Gasteiger partial charge in [0.1, 0.15) is 0 Å². The lowest BCUT2D eigenvalue weighted by Crippen LogP contribution is -2.31. The molecule has 178 valence electrons. The number of aryl methyl sites for hydroxylation is 1. The number of nitrogens with one attached hydrogen (secondary N) is 2. The number of nitrogens with zero attached hydrogens (tertiary/aromatic N) is 4. The average molecular weight is 509 g/mol. The molecule has 0 spiro atoms. The van der Waals surface area contributed by atoms with Crippen LogP contribution in [0.25, 0.3) is 22.3 Å². The van der Waals surface area contributed by atoms with Crippen molar-refractivity contribution in [3.8, 4) is 11.3 Å². The minimum atomic E-state index is -4.25. The molecule has 0 aliphatic rings. The minimum Gasteiger partial charge on any atom is -0.341 e. The first kappa shape index (κ1) is 24.3. The van der Waals surface area contributed by atoms with Crippen LogP contribution in [0.4, 0.5) is 24.5 Å². The van der Waals surface area contributed by atoms with E-state index in [1.807, 2.05) is 30.0 Å². The number of anilines is 2. The topological polar surface area (TPSA) is 69.7 Å². The second-order valence-corrected chi connectivity index (χ2v) is 8.63. The van der Waals surface area contributed by atoms with E-state index in [0.29, 0.717) is 39.7 Å². The zero-order valence-corrected chi connectivity index (χ0v) is 19.6. The van der Waals surface area contributed by atoms with Crippen LogP contribution in [0.1, 0.15) is 12.1 Å². The molecule has 0 atom stereocenters. The van der Waals surface area contributed by atoms with E-state index in [0.717, 1.165) is 22.6 Å². The summed E-state index contributed by atoms with van der Waals surface area (Å²) in [5.41, 5.74) is 5.32. The highest BCUT2D eigenvalue weighted by atomic mass is 35.5. The first-order valence-electron chi connectivity index (χ1n) is 10.5. The number of halogens is 5. The summed E-state index contributed by atoms with van der Waals surface area (Å²) in [4.78, 5) is 11.2. The second kappa shape index (κ2) is 10.2. The third-order valence-electron chi connectivity index (χ3n) is 5.16. The van der Waals surface area contributed by atoms with Gasteiger partial charge in [0.05, 0.1) is 35.7 Å². The molecule has 11 heteroatoms. The first-order valence-corrected chi connectivity index (χ1v) is 11.2. The van der Waals surface area contributed by atoms with Crippen molar-refractivity contribution >= 4 is 45.6 Å². The van der Waals surface area contributed by atoms with Gasteiger partial charge in [-0.15, -0.1) is 0 Å². The second-order valence-electron chi connectivity index (χ2n) is 7.76. The zero-order valence-electron chi connectivity index (χ0n) is 18.1. The molecule has 0 radical (unpaired) electrons. The van der Waals surface area contributed by atoms with Gasteiger partial charge in [-0.3, -0.25) is 10.1 Å². The summed E-state index contributed by atoms with van der Waals surface area (Å²) >= 11 is 12.4. The zero-order chi connectivity index (χ0) is 24.3. The Morgan fingerprint density at radius 2 is 1.76 bits per heavy atom. The Bertz CT molecular complexity index is 1270. The predicted molar refractivity (Wildman–Crippen MR) is 129 cm³/mol. The van der Waals surface area contributed by atoms with E-state index in [1.54, 1.807) is 30.6 Å². The quantitative estimate of drug-likeness (QED) is 0.272. The van der Waals surface area contributed by atoms with Crippen LogP contribution < -0.4 is 10.2 Å². The molecule has 4 aromatic rings.